The lowest BCUT2D eigenvalue weighted by Crippen LogP contribution is -2.34. The first-order valence-corrected chi connectivity index (χ1v) is 5.80. The Balaban J connectivity index is 2.22. The molecular weight excluding hydrogens is 230 g/mol. The SMILES string of the molecule is Cn1[nH]c(=O)c(=O)nc1SC1CCC(=O)C1. The molecule has 16 heavy (non-hydrogen) atoms. The monoisotopic (exact) mass is 241 g/mol. The highest BCUT2D eigenvalue weighted by atomic mass is 32.2. The zero-order chi connectivity index (χ0) is 11.7. The summed E-state index contributed by atoms with van der Waals surface area (Å²) in [4.78, 5) is 36.8. The number of carbonyl (C=O) groups is 1. The van der Waals surface area contributed by atoms with Gasteiger partial charge in [0.25, 0.3) is 0 Å². The molecule has 1 unspecified atom stereocenters. The number of hydrogen-bond donors (Lipinski definition) is 1. The standard InChI is InChI=1S/C9H11N3O3S/c1-12-9(10-7(14)8(15)11-12)16-6-3-2-5(13)4-6/h6H,2-4H2,1H3,(H,11,15). The minimum Gasteiger partial charge on any atom is -0.300 e. The number of H-pyrrole nitrogens is 1. The summed E-state index contributed by atoms with van der Waals surface area (Å²) in [5.74, 6) is 0.243. The number of nitrogens with zero attached hydrogens (tertiary/aromatic N) is 2. The number of Topliss-reactive ketones (excluding diaryl/α,β-unsaturated/α-hetero) is 1. The van der Waals surface area contributed by atoms with Gasteiger partial charge in [-0.25, -0.2) is 0 Å². The van der Waals surface area contributed by atoms with Gasteiger partial charge in [0.1, 0.15) is 5.78 Å². The Hall–Kier alpha value is -1.37. The summed E-state index contributed by atoms with van der Waals surface area (Å²) in [6.07, 6.45) is 1.91. The van der Waals surface area contributed by atoms with Crippen molar-refractivity contribution in [1.29, 1.82) is 0 Å². The van der Waals surface area contributed by atoms with Gasteiger partial charge in [-0.15, -0.1) is 0 Å². The van der Waals surface area contributed by atoms with E-state index in [0.717, 1.165) is 6.42 Å². The van der Waals surface area contributed by atoms with Crippen LogP contribution in [0, 0.1) is 0 Å². The van der Waals surface area contributed by atoms with Crippen LogP contribution in [0.2, 0.25) is 0 Å². The van der Waals surface area contributed by atoms with E-state index in [0.29, 0.717) is 18.0 Å². The van der Waals surface area contributed by atoms with Crippen LogP contribution in [0.15, 0.2) is 14.7 Å². The van der Waals surface area contributed by atoms with Crippen molar-refractivity contribution in [3.8, 4) is 0 Å². The maximum absolute atomic E-state index is 11.1. The lowest BCUT2D eigenvalue weighted by molar-refractivity contribution is -0.117. The lowest BCUT2D eigenvalue weighted by atomic mass is 10.4. The lowest BCUT2D eigenvalue weighted by Gasteiger charge is -2.09. The van der Waals surface area contributed by atoms with E-state index in [1.54, 1.807) is 7.05 Å². The van der Waals surface area contributed by atoms with Gasteiger partial charge in [-0.3, -0.25) is 24.2 Å². The number of nitrogens with one attached hydrogen (secondary N) is 1. The van der Waals surface area contributed by atoms with Crippen LogP contribution in [-0.2, 0) is 11.8 Å². The summed E-state index contributed by atoms with van der Waals surface area (Å²) in [6.45, 7) is 0. The Morgan fingerprint density at radius 1 is 1.44 bits per heavy atom. The molecule has 1 aliphatic rings. The quantitative estimate of drug-likeness (QED) is 0.717. The summed E-state index contributed by atoms with van der Waals surface area (Å²) in [7, 11) is 1.62. The first-order valence-electron chi connectivity index (χ1n) is 4.92. The molecule has 0 radical (unpaired) electrons. The van der Waals surface area contributed by atoms with Crippen molar-refractivity contribution >= 4 is 17.5 Å². The average molecular weight is 241 g/mol. The molecule has 1 N–H and O–H groups in total. The second-order valence-electron chi connectivity index (χ2n) is 3.72. The summed E-state index contributed by atoms with van der Waals surface area (Å²) in [5.41, 5.74) is -1.51. The van der Waals surface area contributed by atoms with E-state index in [-0.39, 0.29) is 11.0 Å². The average Bonchev–Trinajstić information content (AvgIpc) is 2.60. The highest BCUT2D eigenvalue weighted by molar-refractivity contribution is 7.99. The first kappa shape index (κ1) is 11.1. The van der Waals surface area contributed by atoms with Crippen molar-refractivity contribution in [1.82, 2.24) is 14.8 Å². The van der Waals surface area contributed by atoms with Crippen LogP contribution in [0.1, 0.15) is 19.3 Å². The summed E-state index contributed by atoms with van der Waals surface area (Å²) < 4.78 is 1.41. The molecule has 0 aromatic carbocycles. The Morgan fingerprint density at radius 3 is 2.81 bits per heavy atom. The number of aromatic nitrogens is 3. The fraction of sp³-hybridized carbons (Fsp3) is 0.556. The van der Waals surface area contributed by atoms with Gasteiger partial charge in [0.15, 0.2) is 5.16 Å². The third-order valence-electron chi connectivity index (χ3n) is 2.42. The van der Waals surface area contributed by atoms with Crippen molar-refractivity contribution in [2.75, 3.05) is 0 Å². The van der Waals surface area contributed by atoms with Crippen LogP contribution < -0.4 is 11.1 Å². The predicted octanol–water partition coefficient (Wildman–Crippen LogP) is -0.318. The molecule has 7 heteroatoms. The number of ketones is 1. The van der Waals surface area contributed by atoms with Crippen molar-refractivity contribution in [3.05, 3.63) is 20.7 Å². The maximum Gasteiger partial charge on any atom is 0.339 e. The minimum absolute atomic E-state index is 0.163. The molecule has 1 heterocycles. The highest BCUT2D eigenvalue weighted by Gasteiger charge is 2.24. The maximum atomic E-state index is 11.1. The zero-order valence-electron chi connectivity index (χ0n) is 8.73. The Kier molecular flexibility index (Phi) is 2.95. The van der Waals surface area contributed by atoms with E-state index >= 15 is 0 Å². The first-order chi connectivity index (χ1) is 7.56. The van der Waals surface area contributed by atoms with Gasteiger partial charge in [-0.2, -0.15) is 4.98 Å². The van der Waals surface area contributed by atoms with Crippen LogP contribution in [0.4, 0.5) is 0 Å². The van der Waals surface area contributed by atoms with Crippen molar-refractivity contribution < 1.29 is 4.79 Å². The second-order valence-corrected chi connectivity index (χ2v) is 4.99. The third kappa shape index (κ3) is 2.24. The van der Waals surface area contributed by atoms with Gasteiger partial charge >= 0.3 is 11.1 Å². The van der Waals surface area contributed by atoms with Gasteiger partial charge in [-0.1, -0.05) is 11.8 Å². The molecule has 6 nitrogen and oxygen atoms in total. The number of hydrogen-bond acceptors (Lipinski definition) is 5. The molecule has 2 rings (SSSR count). The van der Waals surface area contributed by atoms with E-state index in [1.807, 2.05) is 0 Å². The molecule has 0 spiro atoms. The van der Waals surface area contributed by atoms with Crippen LogP contribution >= 0.6 is 11.8 Å². The van der Waals surface area contributed by atoms with Crippen LogP contribution in [0.5, 0.6) is 0 Å². The molecular formula is C9H11N3O3S. The number of carbonyl (C=O) groups excluding carboxylic acids is 1. The van der Waals surface area contributed by atoms with Gasteiger partial charge in [0.2, 0.25) is 0 Å². The molecule has 0 amide bonds. The molecule has 0 saturated heterocycles. The summed E-state index contributed by atoms with van der Waals surface area (Å²) in [6, 6.07) is 0. The summed E-state index contributed by atoms with van der Waals surface area (Å²) >= 11 is 1.37. The zero-order valence-corrected chi connectivity index (χ0v) is 9.54. The van der Waals surface area contributed by atoms with Gasteiger partial charge in [0.05, 0.1) is 0 Å². The van der Waals surface area contributed by atoms with Gasteiger partial charge in [0, 0.05) is 25.1 Å². The van der Waals surface area contributed by atoms with E-state index in [1.165, 1.54) is 16.4 Å². The normalized spacial score (nSPS) is 20.3. The smallest absolute Gasteiger partial charge is 0.300 e. The Morgan fingerprint density at radius 2 is 2.19 bits per heavy atom. The fourth-order valence-corrected chi connectivity index (χ4v) is 2.74. The molecule has 1 saturated carbocycles. The topological polar surface area (TPSA) is 84.8 Å². The molecule has 1 aromatic rings. The van der Waals surface area contributed by atoms with Crippen molar-refractivity contribution in [2.45, 2.75) is 29.7 Å². The molecule has 0 aliphatic heterocycles. The van der Waals surface area contributed by atoms with E-state index in [9.17, 15) is 14.4 Å². The fourth-order valence-electron chi connectivity index (χ4n) is 1.60. The molecule has 1 atom stereocenters. The van der Waals surface area contributed by atoms with Gasteiger partial charge < -0.3 is 0 Å². The molecule has 86 valence electrons. The van der Waals surface area contributed by atoms with Crippen molar-refractivity contribution in [3.63, 3.8) is 0 Å². The van der Waals surface area contributed by atoms with Crippen LogP contribution in [0.25, 0.3) is 0 Å². The van der Waals surface area contributed by atoms with E-state index in [4.69, 9.17) is 0 Å². The molecule has 0 bridgehead atoms. The Labute approximate surface area is 95.1 Å². The minimum atomic E-state index is -0.787. The number of aromatic amines is 1. The third-order valence-corrected chi connectivity index (χ3v) is 3.73. The number of rotatable bonds is 2. The van der Waals surface area contributed by atoms with Crippen LogP contribution in [0.3, 0.4) is 0 Å². The molecule has 1 fully saturated rings. The van der Waals surface area contributed by atoms with Crippen molar-refractivity contribution in [2.24, 2.45) is 7.05 Å². The molecule has 1 aromatic heterocycles. The highest BCUT2D eigenvalue weighted by Crippen LogP contribution is 2.30. The predicted molar refractivity (Wildman–Crippen MR) is 58.6 cm³/mol. The van der Waals surface area contributed by atoms with E-state index in [2.05, 4.69) is 10.1 Å². The van der Waals surface area contributed by atoms with E-state index < -0.39 is 11.1 Å². The number of aryl methyl sites for hydroxylation is 1. The number of thioether (sulfide) groups is 1. The largest absolute Gasteiger partial charge is 0.339 e. The molecule has 1 aliphatic carbocycles. The second kappa shape index (κ2) is 4.25. The van der Waals surface area contributed by atoms with Gasteiger partial charge in [-0.05, 0) is 6.42 Å². The Bertz CT molecular complexity index is 534. The van der Waals surface area contributed by atoms with Crippen LogP contribution in [-0.4, -0.2) is 25.8 Å². The summed E-state index contributed by atoms with van der Waals surface area (Å²) in [5, 5.41) is 2.98.